The van der Waals surface area contributed by atoms with Crippen LogP contribution in [0.3, 0.4) is 0 Å². The Morgan fingerprint density at radius 2 is 1.95 bits per heavy atom. The standard InChI is InChI=1S/C12H20N2O5S/c1-12(2,3)19-9-8-13-20(17,18)11-7-5-4-6-10(11)14(15)16/h4-7,13-15H,8-9H2,1-3H3. The summed E-state index contributed by atoms with van der Waals surface area (Å²) in [5.41, 5.74) is -0.610. The summed E-state index contributed by atoms with van der Waals surface area (Å²) >= 11 is 0. The zero-order valence-electron chi connectivity index (χ0n) is 11.7. The lowest BCUT2D eigenvalue weighted by Gasteiger charge is -2.20. The third-order valence-corrected chi connectivity index (χ3v) is 3.86. The van der Waals surface area contributed by atoms with Gasteiger partial charge in [-0.25, -0.2) is 18.3 Å². The van der Waals surface area contributed by atoms with E-state index in [0.29, 0.717) is 0 Å². The number of para-hydroxylation sites is 1. The maximum atomic E-state index is 12.1. The molecule has 0 radical (unpaired) electrons. The number of quaternary nitrogens is 1. The summed E-state index contributed by atoms with van der Waals surface area (Å²) in [6, 6.07) is 5.47. The highest BCUT2D eigenvalue weighted by Gasteiger charge is 2.22. The van der Waals surface area contributed by atoms with Gasteiger partial charge in [-0.2, -0.15) is 5.23 Å². The highest BCUT2D eigenvalue weighted by atomic mass is 32.2. The lowest BCUT2D eigenvalue weighted by Crippen LogP contribution is -2.99. The van der Waals surface area contributed by atoms with E-state index in [1.165, 1.54) is 24.3 Å². The molecule has 1 unspecified atom stereocenters. The highest BCUT2D eigenvalue weighted by molar-refractivity contribution is 7.89. The Labute approximate surface area is 118 Å². The van der Waals surface area contributed by atoms with Gasteiger partial charge < -0.3 is 9.94 Å². The number of hydrogen-bond donors (Lipinski definition) is 3. The van der Waals surface area contributed by atoms with Gasteiger partial charge in [-0.15, -0.1) is 0 Å². The zero-order chi connectivity index (χ0) is 15.4. The van der Waals surface area contributed by atoms with E-state index in [1.54, 1.807) is 0 Å². The van der Waals surface area contributed by atoms with Crippen LogP contribution < -0.4 is 9.95 Å². The molecule has 1 aromatic carbocycles. The van der Waals surface area contributed by atoms with E-state index in [2.05, 4.69) is 4.72 Å². The van der Waals surface area contributed by atoms with Crippen molar-refractivity contribution < 1.29 is 23.6 Å². The van der Waals surface area contributed by atoms with Crippen LogP contribution in [0.4, 0.5) is 5.69 Å². The first-order chi connectivity index (χ1) is 9.13. The Hall–Kier alpha value is -1.03. The second-order valence-electron chi connectivity index (χ2n) is 5.16. The molecule has 8 heteroatoms. The van der Waals surface area contributed by atoms with Gasteiger partial charge in [0.05, 0.1) is 12.2 Å². The second-order valence-corrected chi connectivity index (χ2v) is 6.90. The van der Waals surface area contributed by atoms with Crippen LogP contribution in [0, 0.1) is 5.21 Å². The monoisotopic (exact) mass is 304 g/mol. The van der Waals surface area contributed by atoms with Crippen molar-refractivity contribution in [2.24, 2.45) is 0 Å². The lowest BCUT2D eigenvalue weighted by atomic mass is 10.2. The average molecular weight is 304 g/mol. The molecule has 0 aliphatic carbocycles. The summed E-state index contributed by atoms with van der Waals surface area (Å²) in [6.45, 7) is 5.87. The molecule has 3 N–H and O–H groups in total. The molecule has 0 aromatic heterocycles. The Balaban J connectivity index is 2.75. The molecule has 114 valence electrons. The van der Waals surface area contributed by atoms with Gasteiger partial charge in [0, 0.05) is 12.6 Å². The number of ether oxygens (including phenoxy) is 1. The van der Waals surface area contributed by atoms with Crippen molar-refractivity contribution in [3.05, 3.63) is 29.5 Å². The van der Waals surface area contributed by atoms with Crippen LogP contribution in [0.5, 0.6) is 0 Å². The first-order valence-corrected chi connectivity index (χ1v) is 7.58. The largest absolute Gasteiger partial charge is 0.595 e. The molecule has 0 aliphatic rings. The number of rotatable bonds is 6. The number of nitrogens with one attached hydrogen (secondary N) is 2. The summed E-state index contributed by atoms with van der Waals surface area (Å²) < 4.78 is 31.8. The predicted molar refractivity (Wildman–Crippen MR) is 73.1 cm³/mol. The van der Waals surface area contributed by atoms with E-state index in [-0.39, 0.29) is 29.3 Å². The molecular formula is C12H20N2O5S. The van der Waals surface area contributed by atoms with Crippen molar-refractivity contribution in [2.45, 2.75) is 31.3 Å². The maximum Gasteiger partial charge on any atom is 0.246 e. The van der Waals surface area contributed by atoms with Gasteiger partial charge in [-0.3, -0.25) is 0 Å². The normalized spacial score (nSPS) is 14.2. The van der Waals surface area contributed by atoms with Gasteiger partial charge in [0.1, 0.15) is 4.90 Å². The molecule has 0 amide bonds. The first-order valence-electron chi connectivity index (χ1n) is 6.09. The van der Waals surface area contributed by atoms with Crippen molar-refractivity contribution in [3.63, 3.8) is 0 Å². The van der Waals surface area contributed by atoms with Crippen LogP contribution in [0.15, 0.2) is 29.2 Å². The lowest BCUT2D eigenvalue weighted by molar-refractivity contribution is -0.992. The van der Waals surface area contributed by atoms with Crippen molar-refractivity contribution in [1.29, 1.82) is 0 Å². The van der Waals surface area contributed by atoms with Crippen LogP contribution in [-0.4, -0.2) is 32.4 Å². The van der Waals surface area contributed by atoms with Gasteiger partial charge in [0.2, 0.25) is 10.0 Å². The highest BCUT2D eigenvalue weighted by Crippen LogP contribution is 2.16. The summed E-state index contributed by atoms with van der Waals surface area (Å²) in [4.78, 5) is -0.247. The molecular weight excluding hydrogens is 284 g/mol. The Kier molecular flexibility index (Phi) is 5.63. The molecule has 1 rings (SSSR count). The van der Waals surface area contributed by atoms with E-state index >= 15 is 0 Å². The maximum absolute atomic E-state index is 12.1. The summed E-state index contributed by atoms with van der Waals surface area (Å²) in [6.07, 6.45) is 0. The Bertz CT molecular complexity index is 537. The molecule has 0 heterocycles. The van der Waals surface area contributed by atoms with Crippen molar-refractivity contribution in [1.82, 2.24) is 4.72 Å². The van der Waals surface area contributed by atoms with Crippen LogP contribution in [0.2, 0.25) is 0 Å². The molecule has 0 saturated carbocycles. The molecule has 1 atom stereocenters. The average Bonchev–Trinajstić information content (AvgIpc) is 2.33. The number of hydrogen-bond acceptors (Lipinski definition) is 5. The minimum atomic E-state index is -3.86. The quantitative estimate of drug-likeness (QED) is 0.514. The van der Waals surface area contributed by atoms with Gasteiger partial charge in [-0.1, -0.05) is 12.1 Å². The number of sulfonamides is 1. The first kappa shape index (κ1) is 17.0. The number of benzene rings is 1. The molecule has 0 saturated heterocycles. The summed E-state index contributed by atoms with van der Waals surface area (Å²) in [5.74, 6) is 0. The van der Waals surface area contributed by atoms with E-state index < -0.39 is 15.2 Å². The molecule has 20 heavy (non-hydrogen) atoms. The van der Waals surface area contributed by atoms with E-state index in [4.69, 9.17) is 9.94 Å². The van der Waals surface area contributed by atoms with Crippen molar-refractivity contribution in [2.75, 3.05) is 13.2 Å². The van der Waals surface area contributed by atoms with Crippen molar-refractivity contribution >= 4 is 15.7 Å². The van der Waals surface area contributed by atoms with E-state index in [1.807, 2.05) is 20.8 Å². The van der Waals surface area contributed by atoms with Crippen LogP contribution in [-0.2, 0) is 14.8 Å². The van der Waals surface area contributed by atoms with Gasteiger partial charge in [-0.05, 0) is 26.8 Å². The molecule has 0 spiro atoms. The fourth-order valence-corrected chi connectivity index (χ4v) is 2.70. The Morgan fingerprint density at radius 3 is 2.50 bits per heavy atom. The molecule has 0 fully saturated rings. The van der Waals surface area contributed by atoms with Crippen LogP contribution in [0.1, 0.15) is 20.8 Å². The fraction of sp³-hybridized carbons (Fsp3) is 0.500. The second kappa shape index (κ2) is 6.61. The third kappa shape index (κ3) is 5.16. The van der Waals surface area contributed by atoms with Crippen molar-refractivity contribution in [3.8, 4) is 0 Å². The predicted octanol–water partition coefficient (Wildman–Crippen LogP) is 0.183. The third-order valence-electron chi connectivity index (χ3n) is 2.34. The zero-order valence-corrected chi connectivity index (χ0v) is 12.5. The SMILES string of the molecule is CC(C)(C)OCCNS(=O)(=O)c1ccccc1[NH+]([O-])O. The molecule has 0 bridgehead atoms. The molecule has 0 aliphatic heterocycles. The summed E-state index contributed by atoms with van der Waals surface area (Å²) in [7, 11) is -3.86. The summed E-state index contributed by atoms with van der Waals surface area (Å²) in [5, 5.41) is 18.7. The van der Waals surface area contributed by atoms with Gasteiger partial charge in [0.25, 0.3) is 0 Å². The van der Waals surface area contributed by atoms with E-state index in [0.717, 1.165) is 0 Å². The Morgan fingerprint density at radius 1 is 1.35 bits per heavy atom. The van der Waals surface area contributed by atoms with Gasteiger partial charge in [0.15, 0.2) is 5.69 Å². The van der Waals surface area contributed by atoms with Crippen LogP contribution >= 0.6 is 0 Å². The fourth-order valence-electron chi connectivity index (χ4n) is 1.49. The topological polar surface area (TPSA) is 103 Å². The minimum absolute atomic E-state index is 0.0769. The van der Waals surface area contributed by atoms with Crippen LogP contribution in [0.25, 0.3) is 0 Å². The minimum Gasteiger partial charge on any atom is -0.595 e. The van der Waals surface area contributed by atoms with E-state index in [9.17, 15) is 13.6 Å². The molecule has 1 aromatic rings. The van der Waals surface area contributed by atoms with Gasteiger partial charge >= 0.3 is 0 Å². The molecule has 7 nitrogen and oxygen atoms in total. The smallest absolute Gasteiger partial charge is 0.246 e.